The van der Waals surface area contributed by atoms with Crippen LogP contribution in [0, 0.1) is 0 Å². The summed E-state index contributed by atoms with van der Waals surface area (Å²) in [7, 11) is 0. The summed E-state index contributed by atoms with van der Waals surface area (Å²) in [6.45, 7) is 3.65. The predicted molar refractivity (Wildman–Crippen MR) is 107 cm³/mol. The first-order valence-corrected chi connectivity index (χ1v) is 10.0. The Hall–Kier alpha value is -2.17. The van der Waals surface area contributed by atoms with Crippen LogP contribution in [0.5, 0.6) is 11.5 Å². The number of ether oxygens (including phenoxy) is 2. The van der Waals surface area contributed by atoms with E-state index in [4.69, 9.17) is 9.47 Å². The average molecular weight is 423 g/mol. The Morgan fingerprint density at radius 1 is 1.37 bits per heavy atom. The van der Waals surface area contributed by atoms with Crippen molar-refractivity contribution >= 4 is 12.0 Å². The summed E-state index contributed by atoms with van der Waals surface area (Å²) in [5.41, 5.74) is 1.04. The van der Waals surface area contributed by atoms with Gasteiger partial charge in [-0.1, -0.05) is 6.07 Å². The van der Waals surface area contributed by atoms with Crippen LogP contribution in [-0.2, 0) is 9.53 Å². The number of amides is 1. The maximum Gasteiger partial charge on any atom is 0.249 e. The maximum absolute atomic E-state index is 12.6. The third kappa shape index (κ3) is 4.60. The molecule has 3 rings (SSSR count). The number of phenolic OH excluding ortho intramolecular Hbond substituents is 1. The quantitative estimate of drug-likeness (QED) is 0.403. The molecule has 5 N–H and O–H groups in total. The monoisotopic (exact) mass is 423 g/mol. The maximum atomic E-state index is 12.6. The van der Waals surface area contributed by atoms with Gasteiger partial charge in [0.2, 0.25) is 12.2 Å². The van der Waals surface area contributed by atoms with Crippen LogP contribution < -0.4 is 4.74 Å². The van der Waals surface area contributed by atoms with Crippen molar-refractivity contribution in [3.05, 3.63) is 29.3 Å². The second-order valence-corrected chi connectivity index (χ2v) is 7.84. The summed E-state index contributed by atoms with van der Waals surface area (Å²) in [4.78, 5) is 14.3. The van der Waals surface area contributed by atoms with Crippen molar-refractivity contribution in [3.8, 4) is 11.5 Å². The minimum Gasteiger partial charge on any atom is -0.504 e. The van der Waals surface area contributed by atoms with Crippen molar-refractivity contribution in [2.45, 2.75) is 63.4 Å². The minimum atomic E-state index is -1.39. The van der Waals surface area contributed by atoms with Gasteiger partial charge in [0.25, 0.3) is 0 Å². The highest BCUT2D eigenvalue weighted by Crippen LogP contribution is 2.33. The molecule has 0 aliphatic carbocycles. The molecule has 0 spiro atoms. The smallest absolute Gasteiger partial charge is 0.249 e. The largest absolute Gasteiger partial charge is 0.504 e. The van der Waals surface area contributed by atoms with Crippen LogP contribution in [0.25, 0.3) is 6.08 Å². The number of nitrogens with zero attached hydrogens (tertiary/aromatic N) is 1. The van der Waals surface area contributed by atoms with Gasteiger partial charge in [0, 0.05) is 12.1 Å². The molecule has 9 nitrogen and oxygen atoms in total. The Kier molecular flexibility index (Phi) is 6.99. The zero-order chi connectivity index (χ0) is 22.0. The molecule has 30 heavy (non-hydrogen) atoms. The lowest BCUT2D eigenvalue weighted by Crippen LogP contribution is -2.38. The molecule has 2 aliphatic rings. The molecule has 1 aromatic carbocycles. The molecule has 2 aliphatic heterocycles. The number of rotatable bonds is 6. The van der Waals surface area contributed by atoms with E-state index < -0.39 is 30.7 Å². The molecular formula is C21H29NO8. The fraction of sp³-hybridized carbons (Fsp3) is 0.571. The average Bonchev–Trinajstić information content (AvgIpc) is 3.29. The van der Waals surface area contributed by atoms with E-state index in [1.165, 1.54) is 19.1 Å². The number of carbonyl (C=O) groups is 1. The summed E-state index contributed by atoms with van der Waals surface area (Å²) < 4.78 is 10.8. The Balaban J connectivity index is 1.69. The predicted octanol–water partition coefficient (Wildman–Crippen LogP) is -0.0149. The Labute approximate surface area is 174 Å². The summed E-state index contributed by atoms with van der Waals surface area (Å²) in [5, 5.41) is 49.3. The number of phenols is 1. The van der Waals surface area contributed by atoms with Crippen LogP contribution in [0.2, 0.25) is 0 Å². The van der Waals surface area contributed by atoms with Gasteiger partial charge < -0.3 is 39.9 Å². The number of likely N-dealkylation sites (tertiary alicyclic amines) is 1. The van der Waals surface area contributed by atoms with Crippen LogP contribution in [0.15, 0.2) is 23.8 Å². The molecule has 2 saturated heterocycles. The lowest BCUT2D eigenvalue weighted by atomic mass is 10.1. The van der Waals surface area contributed by atoms with Gasteiger partial charge in [-0.2, -0.15) is 0 Å². The molecular weight excluding hydrogens is 394 g/mol. The van der Waals surface area contributed by atoms with E-state index in [1.807, 2.05) is 0 Å². The topological polar surface area (TPSA) is 140 Å². The van der Waals surface area contributed by atoms with E-state index in [1.54, 1.807) is 24.0 Å². The number of benzene rings is 1. The van der Waals surface area contributed by atoms with Crippen molar-refractivity contribution in [3.63, 3.8) is 0 Å². The molecule has 166 valence electrons. The van der Waals surface area contributed by atoms with Gasteiger partial charge in [-0.15, -0.1) is 0 Å². The first-order valence-electron chi connectivity index (χ1n) is 10.0. The standard InChI is InChI=1S/C21H29NO8/c1-11(20(28)22-7-3-4-14(22)10-23)8-13-5-6-16(15(25)9-13)29-21-18(27)17(26)19(30-21)12(2)24/h5-6,8-9,12,14,17-19,21,23-27H,3-4,7,10H2,1-2H3/b11-8+/t12-,14-,17-,18-,19+,21+/m0/s1. The van der Waals surface area contributed by atoms with Gasteiger partial charge in [-0.05, 0) is 50.5 Å². The summed E-state index contributed by atoms with van der Waals surface area (Å²) in [6, 6.07) is 4.33. The van der Waals surface area contributed by atoms with Crippen molar-refractivity contribution in [1.29, 1.82) is 0 Å². The highest BCUT2D eigenvalue weighted by molar-refractivity contribution is 5.97. The van der Waals surface area contributed by atoms with Gasteiger partial charge in [-0.3, -0.25) is 4.79 Å². The highest BCUT2D eigenvalue weighted by Gasteiger charge is 2.46. The lowest BCUT2D eigenvalue weighted by Gasteiger charge is -2.23. The summed E-state index contributed by atoms with van der Waals surface area (Å²) >= 11 is 0. The third-order valence-corrected chi connectivity index (χ3v) is 5.53. The number of aromatic hydroxyl groups is 1. The fourth-order valence-electron chi connectivity index (χ4n) is 3.85. The Morgan fingerprint density at radius 3 is 2.70 bits per heavy atom. The summed E-state index contributed by atoms with van der Waals surface area (Å²) in [5.74, 6) is -0.366. The molecule has 9 heteroatoms. The summed E-state index contributed by atoms with van der Waals surface area (Å²) in [6.07, 6.45) is -2.70. The van der Waals surface area contributed by atoms with E-state index in [-0.39, 0.29) is 30.1 Å². The Morgan fingerprint density at radius 2 is 2.10 bits per heavy atom. The van der Waals surface area contributed by atoms with Crippen molar-refractivity contribution < 1.29 is 39.8 Å². The molecule has 1 aromatic rings. The van der Waals surface area contributed by atoms with Crippen LogP contribution in [-0.4, -0.2) is 86.2 Å². The number of aliphatic hydroxyl groups excluding tert-OH is 4. The molecule has 2 heterocycles. The minimum absolute atomic E-state index is 0.0264. The van der Waals surface area contributed by atoms with Crippen LogP contribution >= 0.6 is 0 Å². The zero-order valence-corrected chi connectivity index (χ0v) is 17.0. The molecule has 0 saturated carbocycles. The van der Waals surface area contributed by atoms with Crippen molar-refractivity contribution in [2.75, 3.05) is 13.2 Å². The number of carbonyl (C=O) groups excluding carboxylic acids is 1. The molecule has 0 aromatic heterocycles. The van der Waals surface area contributed by atoms with E-state index in [0.29, 0.717) is 17.7 Å². The molecule has 2 fully saturated rings. The number of hydrogen-bond acceptors (Lipinski definition) is 8. The van der Waals surface area contributed by atoms with E-state index in [9.17, 15) is 30.3 Å². The second kappa shape index (κ2) is 9.32. The molecule has 0 radical (unpaired) electrons. The van der Waals surface area contributed by atoms with Gasteiger partial charge >= 0.3 is 0 Å². The zero-order valence-electron chi connectivity index (χ0n) is 17.0. The van der Waals surface area contributed by atoms with Crippen molar-refractivity contribution in [1.82, 2.24) is 4.90 Å². The van der Waals surface area contributed by atoms with Gasteiger partial charge in [0.05, 0.1) is 18.8 Å². The first-order chi connectivity index (χ1) is 14.2. The third-order valence-electron chi connectivity index (χ3n) is 5.53. The molecule has 6 atom stereocenters. The Bertz CT molecular complexity index is 795. The lowest BCUT2D eigenvalue weighted by molar-refractivity contribution is -0.129. The molecule has 0 bridgehead atoms. The first kappa shape index (κ1) is 22.5. The number of aliphatic hydroxyl groups is 4. The molecule has 0 unspecified atom stereocenters. The van der Waals surface area contributed by atoms with Crippen molar-refractivity contribution in [2.24, 2.45) is 0 Å². The molecule has 1 amide bonds. The van der Waals surface area contributed by atoms with Gasteiger partial charge in [0.15, 0.2) is 11.5 Å². The highest BCUT2D eigenvalue weighted by atomic mass is 16.7. The van der Waals surface area contributed by atoms with Crippen LogP contribution in [0.1, 0.15) is 32.3 Å². The fourth-order valence-corrected chi connectivity index (χ4v) is 3.85. The van der Waals surface area contributed by atoms with Gasteiger partial charge in [-0.25, -0.2) is 0 Å². The van der Waals surface area contributed by atoms with Gasteiger partial charge in [0.1, 0.15) is 18.3 Å². The SMILES string of the molecule is C/C(=C\c1ccc(O[C@@H]2O[C@H]([C@H](C)O)[C@@H](O)[C@@H]2O)c(O)c1)C(=O)N1CCC[C@H]1CO. The van der Waals surface area contributed by atoms with E-state index in [0.717, 1.165) is 12.8 Å². The van der Waals surface area contributed by atoms with Crippen LogP contribution in [0.3, 0.4) is 0 Å². The number of hydrogen-bond donors (Lipinski definition) is 5. The van der Waals surface area contributed by atoms with Crippen LogP contribution in [0.4, 0.5) is 0 Å². The normalized spacial score (nSPS) is 30.5. The van der Waals surface area contributed by atoms with E-state index in [2.05, 4.69) is 0 Å². The second-order valence-electron chi connectivity index (χ2n) is 7.84. The van der Waals surface area contributed by atoms with E-state index >= 15 is 0 Å².